The normalized spacial score (nSPS) is 17.3. The number of aromatic nitrogens is 2. The molecule has 0 atom stereocenters. The van der Waals surface area contributed by atoms with Gasteiger partial charge in [0.25, 0.3) is 5.91 Å². The molecule has 2 aliphatic heterocycles. The number of anilines is 2. The van der Waals surface area contributed by atoms with Crippen LogP contribution in [0.15, 0.2) is 36.5 Å². The van der Waals surface area contributed by atoms with Gasteiger partial charge >= 0.3 is 0 Å². The number of piperazine rings is 1. The summed E-state index contributed by atoms with van der Waals surface area (Å²) < 4.78 is 0. The van der Waals surface area contributed by atoms with Crippen LogP contribution in [0.25, 0.3) is 0 Å². The molecule has 1 aromatic carbocycles. The molecule has 7 nitrogen and oxygen atoms in total. The number of amides is 1. The van der Waals surface area contributed by atoms with E-state index in [2.05, 4.69) is 20.9 Å². The molecule has 0 bridgehead atoms. The molecule has 144 valence electrons. The highest BCUT2D eigenvalue weighted by Gasteiger charge is 2.24. The number of nitriles is 1. The molecule has 4 rings (SSSR count). The highest BCUT2D eigenvalue weighted by molar-refractivity contribution is 5.94. The van der Waals surface area contributed by atoms with Crippen molar-refractivity contribution < 1.29 is 4.79 Å². The Morgan fingerprint density at radius 1 is 0.964 bits per heavy atom. The smallest absolute Gasteiger partial charge is 0.254 e. The third kappa shape index (κ3) is 3.91. The Kier molecular flexibility index (Phi) is 5.38. The summed E-state index contributed by atoms with van der Waals surface area (Å²) in [5.74, 6) is 1.71. The van der Waals surface area contributed by atoms with Crippen LogP contribution in [0.1, 0.15) is 35.2 Å². The maximum Gasteiger partial charge on any atom is 0.254 e. The van der Waals surface area contributed by atoms with E-state index in [9.17, 15) is 4.79 Å². The second-order valence-corrected chi connectivity index (χ2v) is 7.23. The molecule has 2 aromatic rings. The first-order chi connectivity index (χ1) is 13.7. The number of carbonyl (C=O) groups excluding carboxylic acids is 1. The average molecular weight is 376 g/mol. The van der Waals surface area contributed by atoms with E-state index in [1.165, 1.54) is 19.3 Å². The van der Waals surface area contributed by atoms with Gasteiger partial charge in [0, 0.05) is 51.0 Å². The molecule has 0 saturated carbocycles. The number of carbonyl (C=O) groups is 1. The average Bonchev–Trinajstić information content (AvgIpc) is 2.79. The Hall–Kier alpha value is -3.14. The summed E-state index contributed by atoms with van der Waals surface area (Å²) in [5, 5.41) is 9.03. The van der Waals surface area contributed by atoms with Crippen LogP contribution in [0.4, 0.5) is 11.8 Å². The van der Waals surface area contributed by atoms with Gasteiger partial charge in [-0.1, -0.05) is 6.07 Å². The summed E-state index contributed by atoms with van der Waals surface area (Å²) in [4.78, 5) is 28.3. The molecule has 0 unspecified atom stereocenters. The lowest BCUT2D eigenvalue weighted by molar-refractivity contribution is 0.0746. The van der Waals surface area contributed by atoms with Crippen LogP contribution < -0.4 is 9.80 Å². The van der Waals surface area contributed by atoms with E-state index in [0.29, 0.717) is 24.2 Å². The molecular weight excluding hydrogens is 352 g/mol. The Morgan fingerprint density at radius 2 is 1.75 bits per heavy atom. The van der Waals surface area contributed by atoms with Gasteiger partial charge in [-0.15, -0.1) is 0 Å². The third-order valence-corrected chi connectivity index (χ3v) is 5.40. The second kappa shape index (κ2) is 8.26. The van der Waals surface area contributed by atoms with Crippen LogP contribution >= 0.6 is 0 Å². The second-order valence-electron chi connectivity index (χ2n) is 7.23. The Labute approximate surface area is 165 Å². The van der Waals surface area contributed by atoms with Crippen molar-refractivity contribution in [1.82, 2.24) is 14.9 Å². The summed E-state index contributed by atoms with van der Waals surface area (Å²) in [5.41, 5.74) is 1.08. The van der Waals surface area contributed by atoms with Gasteiger partial charge in [-0.3, -0.25) is 4.79 Å². The molecule has 0 spiro atoms. The first-order valence-electron chi connectivity index (χ1n) is 9.87. The van der Waals surface area contributed by atoms with Crippen molar-refractivity contribution in [3.63, 3.8) is 0 Å². The molecule has 0 N–H and O–H groups in total. The molecule has 2 saturated heterocycles. The number of piperidine rings is 1. The number of hydrogen-bond acceptors (Lipinski definition) is 6. The fraction of sp³-hybridized carbons (Fsp3) is 0.429. The minimum Gasteiger partial charge on any atom is -0.353 e. The quantitative estimate of drug-likeness (QED) is 0.818. The molecule has 0 aliphatic carbocycles. The summed E-state index contributed by atoms with van der Waals surface area (Å²) >= 11 is 0. The lowest BCUT2D eigenvalue weighted by Gasteiger charge is -2.36. The zero-order chi connectivity index (χ0) is 19.3. The van der Waals surface area contributed by atoms with Gasteiger partial charge in [0.2, 0.25) is 5.95 Å². The number of benzene rings is 1. The molecule has 1 amide bonds. The first kappa shape index (κ1) is 18.2. The fourth-order valence-electron chi connectivity index (χ4n) is 3.80. The van der Waals surface area contributed by atoms with Gasteiger partial charge < -0.3 is 14.7 Å². The van der Waals surface area contributed by atoms with E-state index in [1.54, 1.807) is 24.3 Å². The van der Waals surface area contributed by atoms with Crippen LogP contribution in [0.3, 0.4) is 0 Å². The van der Waals surface area contributed by atoms with Gasteiger partial charge in [-0.05, 0) is 43.5 Å². The predicted molar refractivity (Wildman–Crippen MR) is 107 cm³/mol. The van der Waals surface area contributed by atoms with Crippen LogP contribution in [0, 0.1) is 11.3 Å². The largest absolute Gasteiger partial charge is 0.353 e. The highest BCUT2D eigenvalue weighted by Crippen LogP contribution is 2.20. The summed E-state index contributed by atoms with van der Waals surface area (Å²) in [6.45, 7) is 4.79. The zero-order valence-electron chi connectivity index (χ0n) is 15.9. The van der Waals surface area contributed by atoms with Crippen molar-refractivity contribution in [3.8, 4) is 6.07 Å². The standard InChI is InChI=1S/C21H24N6O/c22-16-17-5-4-6-18(15-17)20(28)26-13-11-25(12-14-26)19-7-8-23-21(24-19)27-9-2-1-3-10-27/h4-8,15H,1-3,9-14H2. The van der Waals surface area contributed by atoms with Crippen molar-refractivity contribution >= 4 is 17.7 Å². The lowest BCUT2D eigenvalue weighted by atomic mass is 10.1. The van der Waals surface area contributed by atoms with Gasteiger partial charge in [-0.25, -0.2) is 4.98 Å². The Morgan fingerprint density at radius 3 is 2.50 bits per heavy atom. The van der Waals surface area contributed by atoms with Crippen molar-refractivity contribution in [3.05, 3.63) is 47.7 Å². The Bertz CT molecular complexity index is 878. The SMILES string of the molecule is N#Cc1cccc(C(=O)N2CCN(c3ccnc(N4CCCCC4)n3)CC2)c1. The van der Waals surface area contributed by atoms with Crippen LogP contribution in [-0.2, 0) is 0 Å². The lowest BCUT2D eigenvalue weighted by Crippen LogP contribution is -2.49. The van der Waals surface area contributed by atoms with Crippen LogP contribution in [-0.4, -0.2) is 60.0 Å². The van der Waals surface area contributed by atoms with E-state index in [1.807, 2.05) is 17.2 Å². The van der Waals surface area contributed by atoms with Gasteiger partial charge in [-0.2, -0.15) is 10.2 Å². The molecule has 2 fully saturated rings. The zero-order valence-corrected chi connectivity index (χ0v) is 15.9. The van der Waals surface area contributed by atoms with Crippen LogP contribution in [0.5, 0.6) is 0 Å². The van der Waals surface area contributed by atoms with Crippen LogP contribution in [0.2, 0.25) is 0 Å². The minimum atomic E-state index is -0.0200. The maximum absolute atomic E-state index is 12.7. The molecule has 2 aliphatic rings. The van der Waals surface area contributed by atoms with Crippen molar-refractivity contribution in [1.29, 1.82) is 5.26 Å². The molecule has 3 heterocycles. The van der Waals surface area contributed by atoms with E-state index < -0.39 is 0 Å². The Balaban J connectivity index is 1.40. The van der Waals surface area contributed by atoms with Gasteiger partial charge in [0.15, 0.2) is 0 Å². The predicted octanol–water partition coefficient (Wildman–Crippen LogP) is 2.30. The van der Waals surface area contributed by atoms with E-state index in [4.69, 9.17) is 10.2 Å². The molecule has 7 heteroatoms. The van der Waals surface area contributed by atoms with Crippen molar-refractivity contribution in [2.24, 2.45) is 0 Å². The van der Waals surface area contributed by atoms with E-state index in [-0.39, 0.29) is 5.91 Å². The molecule has 28 heavy (non-hydrogen) atoms. The third-order valence-electron chi connectivity index (χ3n) is 5.40. The maximum atomic E-state index is 12.7. The van der Waals surface area contributed by atoms with Gasteiger partial charge in [0.05, 0.1) is 11.6 Å². The molecule has 1 aromatic heterocycles. The number of hydrogen-bond donors (Lipinski definition) is 0. The number of nitrogens with zero attached hydrogens (tertiary/aromatic N) is 6. The van der Waals surface area contributed by atoms with Crippen molar-refractivity contribution in [2.45, 2.75) is 19.3 Å². The van der Waals surface area contributed by atoms with Crippen molar-refractivity contribution in [2.75, 3.05) is 49.1 Å². The minimum absolute atomic E-state index is 0.0200. The number of rotatable bonds is 3. The van der Waals surface area contributed by atoms with E-state index >= 15 is 0 Å². The van der Waals surface area contributed by atoms with Gasteiger partial charge in [0.1, 0.15) is 5.82 Å². The van der Waals surface area contributed by atoms with E-state index in [0.717, 1.165) is 37.9 Å². The summed E-state index contributed by atoms with van der Waals surface area (Å²) in [7, 11) is 0. The molecular formula is C21H24N6O. The summed E-state index contributed by atoms with van der Waals surface area (Å²) in [6.07, 6.45) is 5.50. The fourth-order valence-corrected chi connectivity index (χ4v) is 3.80. The topological polar surface area (TPSA) is 76.4 Å². The highest BCUT2D eigenvalue weighted by atomic mass is 16.2. The summed E-state index contributed by atoms with van der Waals surface area (Å²) in [6, 6.07) is 10.9. The molecule has 0 radical (unpaired) electrons. The monoisotopic (exact) mass is 376 g/mol. The first-order valence-corrected chi connectivity index (χ1v) is 9.87.